The quantitative estimate of drug-likeness (QED) is 0.645. The fourth-order valence-corrected chi connectivity index (χ4v) is 5.66. The molecule has 1 unspecified atom stereocenters. The normalized spacial score (nSPS) is 19.0. The van der Waals surface area contributed by atoms with Gasteiger partial charge in [-0.25, -0.2) is 13.4 Å². The highest BCUT2D eigenvalue weighted by atomic mass is 32.2. The number of nitrogens with zero attached hydrogens (tertiary/aromatic N) is 3. The fourth-order valence-electron chi connectivity index (χ4n) is 4.43. The Balaban J connectivity index is 1.57. The van der Waals surface area contributed by atoms with Gasteiger partial charge in [-0.05, 0) is 49.6 Å². The molecule has 162 valence electrons. The van der Waals surface area contributed by atoms with E-state index >= 15 is 0 Å². The second-order valence-electron chi connectivity index (χ2n) is 8.20. The lowest BCUT2D eigenvalue weighted by molar-refractivity contribution is 0.208. The third-order valence-corrected chi connectivity index (χ3v) is 7.48. The third-order valence-electron chi connectivity index (χ3n) is 6.00. The van der Waals surface area contributed by atoms with Crippen LogP contribution in [0.5, 0.6) is 0 Å². The summed E-state index contributed by atoms with van der Waals surface area (Å²) in [5.74, 6) is 0.634. The van der Waals surface area contributed by atoms with E-state index in [1.807, 2.05) is 17.8 Å². The van der Waals surface area contributed by atoms with Gasteiger partial charge < -0.3 is 14.2 Å². The van der Waals surface area contributed by atoms with Crippen LogP contribution in [0.3, 0.4) is 0 Å². The van der Waals surface area contributed by atoms with Crippen molar-refractivity contribution in [3.05, 3.63) is 54.6 Å². The molecular formula is C23H26N4O3S. The van der Waals surface area contributed by atoms with Gasteiger partial charge in [0.2, 0.25) is 5.44 Å². The molecule has 2 aromatic heterocycles. The molecule has 8 heteroatoms. The zero-order valence-corrected chi connectivity index (χ0v) is 18.5. The van der Waals surface area contributed by atoms with Crippen molar-refractivity contribution in [1.29, 1.82) is 0 Å². The molecule has 2 aliphatic rings. The van der Waals surface area contributed by atoms with E-state index in [1.165, 1.54) is 18.5 Å². The summed E-state index contributed by atoms with van der Waals surface area (Å²) in [6.45, 7) is 3.91. The van der Waals surface area contributed by atoms with E-state index in [4.69, 9.17) is 4.74 Å². The third kappa shape index (κ3) is 3.65. The standard InChI is InChI=1S/C23H26N4O3S/c1-16-8-9-21(30-16)31(28,29)25-20-10-11-24-23-22(20)19(15-26(23)2)17-6-5-7-18(14-17)27-12-3-4-13-27/h5-8,10-11,14-15,21H,3-4,9,12-13H2,1-2H3,(H,24,25). The van der Waals surface area contributed by atoms with Gasteiger partial charge in [0.1, 0.15) is 5.65 Å². The molecule has 5 rings (SSSR count). The van der Waals surface area contributed by atoms with Gasteiger partial charge in [-0.3, -0.25) is 4.72 Å². The highest BCUT2D eigenvalue weighted by Gasteiger charge is 2.31. The minimum absolute atomic E-state index is 0.342. The largest absolute Gasteiger partial charge is 0.477 e. The molecule has 3 aromatic rings. The number of aryl methyl sites for hydroxylation is 1. The summed E-state index contributed by atoms with van der Waals surface area (Å²) < 4.78 is 36.1. The molecule has 1 aromatic carbocycles. The molecule has 0 radical (unpaired) electrons. The van der Waals surface area contributed by atoms with E-state index in [2.05, 4.69) is 38.9 Å². The number of aromatic nitrogens is 2. The van der Waals surface area contributed by atoms with Gasteiger partial charge in [-0.15, -0.1) is 0 Å². The maximum absolute atomic E-state index is 13.0. The lowest BCUT2D eigenvalue weighted by Gasteiger charge is -2.18. The lowest BCUT2D eigenvalue weighted by atomic mass is 10.0. The van der Waals surface area contributed by atoms with Crippen LogP contribution in [-0.2, 0) is 21.8 Å². The zero-order valence-electron chi connectivity index (χ0n) is 17.7. The minimum Gasteiger partial charge on any atom is -0.477 e. The smallest absolute Gasteiger partial charge is 0.271 e. The number of rotatable bonds is 5. The summed E-state index contributed by atoms with van der Waals surface area (Å²) in [7, 11) is -1.79. The van der Waals surface area contributed by atoms with Crippen molar-refractivity contribution in [2.75, 3.05) is 22.7 Å². The first kappa shape index (κ1) is 19.9. The summed E-state index contributed by atoms with van der Waals surface area (Å²) in [5, 5.41) is 0.787. The van der Waals surface area contributed by atoms with Gasteiger partial charge in [0.15, 0.2) is 0 Å². The summed E-state index contributed by atoms with van der Waals surface area (Å²) in [6, 6.07) is 10.1. The molecule has 0 amide bonds. The molecule has 1 fully saturated rings. The number of allylic oxidation sites excluding steroid dienone is 1. The Labute approximate surface area is 182 Å². The number of fused-ring (bicyclic) bond motifs is 1. The molecule has 0 spiro atoms. The van der Waals surface area contributed by atoms with Gasteiger partial charge in [-0.2, -0.15) is 0 Å². The van der Waals surface area contributed by atoms with Crippen LogP contribution in [0.4, 0.5) is 11.4 Å². The fraction of sp³-hybridized carbons (Fsp3) is 0.348. The number of hydrogen-bond donors (Lipinski definition) is 1. The Hall–Kier alpha value is -3.00. The maximum Gasteiger partial charge on any atom is 0.271 e. The van der Waals surface area contributed by atoms with Gasteiger partial charge in [0, 0.05) is 50.2 Å². The highest BCUT2D eigenvalue weighted by molar-refractivity contribution is 7.93. The van der Waals surface area contributed by atoms with Crippen LogP contribution in [0.15, 0.2) is 54.6 Å². The molecule has 0 saturated carbocycles. The summed E-state index contributed by atoms with van der Waals surface area (Å²) >= 11 is 0. The van der Waals surface area contributed by atoms with Crippen molar-refractivity contribution < 1.29 is 13.2 Å². The predicted molar refractivity (Wildman–Crippen MR) is 123 cm³/mol. The first-order chi connectivity index (χ1) is 14.9. The molecule has 7 nitrogen and oxygen atoms in total. The maximum atomic E-state index is 13.0. The highest BCUT2D eigenvalue weighted by Crippen LogP contribution is 2.37. The Morgan fingerprint density at radius 1 is 1.19 bits per heavy atom. The molecule has 0 bridgehead atoms. The van der Waals surface area contributed by atoms with Gasteiger partial charge in [-0.1, -0.05) is 12.1 Å². The number of benzene rings is 1. The first-order valence-corrected chi connectivity index (χ1v) is 12.1. The average molecular weight is 439 g/mol. The molecule has 31 heavy (non-hydrogen) atoms. The van der Waals surface area contributed by atoms with Crippen molar-refractivity contribution >= 4 is 32.4 Å². The van der Waals surface area contributed by atoms with Crippen LogP contribution >= 0.6 is 0 Å². The Morgan fingerprint density at radius 2 is 2.00 bits per heavy atom. The van der Waals surface area contributed by atoms with Crippen molar-refractivity contribution in [1.82, 2.24) is 9.55 Å². The second kappa shape index (κ2) is 7.60. The first-order valence-electron chi connectivity index (χ1n) is 10.6. The average Bonchev–Trinajstić information content (AvgIpc) is 3.49. The zero-order chi connectivity index (χ0) is 21.6. The molecule has 1 saturated heterocycles. The number of sulfonamides is 1. The Bertz CT molecular complexity index is 1270. The number of anilines is 2. The van der Waals surface area contributed by atoms with Crippen molar-refractivity contribution in [3.8, 4) is 11.1 Å². The summed E-state index contributed by atoms with van der Waals surface area (Å²) in [4.78, 5) is 6.90. The topological polar surface area (TPSA) is 76.5 Å². The molecule has 4 heterocycles. The molecule has 1 atom stereocenters. The monoisotopic (exact) mass is 438 g/mol. The molecular weight excluding hydrogens is 412 g/mol. The Morgan fingerprint density at radius 3 is 2.74 bits per heavy atom. The molecule has 1 N–H and O–H groups in total. The van der Waals surface area contributed by atoms with Crippen molar-refractivity contribution in [3.63, 3.8) is 0 Å². The van der Waals surface area contributed by atoms with Crippen LogP contribution < -0.4 is 9.62 Å². The van der Waals surface area contributed by atoms with E-state index in [0.717, 1.165) is 35.2 Å². The van der Waals surface area contributed by atoms with Crippen LogP contribution in [-0.4, -0.2) is 36.5 Å². The SMILES string of the molecule is CC1=CCC(S(=O)(=O)Nc2ccnc3c2c(-c2cccc(N4CCCC4)c2)cn3C)O1. The predicted octanol–water partition coefficient (Wildman–Crippen LogP) is 4.23. The van der Waals surface area contributed by atoms with Crippen LogP contribution in [0.2, 0.25) is 0 Å². The molecule has 2 aliphatic heterocycles. The van der Waals surface area contributed by atoms with Crippen LogP contribution in [0.25, 0.3) is 22.2 Å². The number of pyridine rings is 1. The van der Waals surface area contributed by atoms with E-state index in [1.54, 1.807) is 25.3 Å². The van der Waals surface area contributed by atoms with E-state index in [0.29, 0.717) is 17.9 Å². The Kier molecular flexibility index (Phi) is 4.89. The van der Waals surface area contributed by atoms with E-state index in [9.17, 15) is 8.42 Å². The molecule has 0 aliphatic carbocycles. The number of nitrogens with one attached hydrogen (secondary N) is 1. The van der Waals surface area contributed by atoms with Crippen LogP contribution in [0.1, 0.15) is 26.2 Å². The van der Waals surface area contributed by atoms with E-state index in [-0.39, 0.29) is 0 Å². The van der Waals surface area contributed by atoms with Crippen LogP contribution in [0, 0.1) is 0 Å². The minimum atomic E-state index is -3.72. The summed E-state index contributed by atoms with van der Waals surface area (Å²) in [6.07, 6.45) is 8.20. The second-order valence-corrected chi connectivity index (χ2v) is 10.0. The number of hydrogen-bond acceptors (Lipinski definition) is 5. The van der Waals surface area contributed by atoms with Gasteiger partial charge in [0.25, 0.3) is 10.0 Å². The summed E-state index contributed by atoms with van der Waals surface area (Å²) in [5.41, 5.74) is 3.51. The van der Waals surface area contributed by atoms with Crippen molar-refractivity contribution in [2.45, 2.75) is 31.6 Å². The van der Waals surface area contributed by atoms with Crippen molar-refractivity contribution in [2.24, 2.45) is 7.05 Å². The lowest BCUT2D eigenvalue weighted by Crippen LogP contribution is -2.27. The van der Waals surface area contributed by atoms with Gasteiger partial charge in [0.05, 0.1) is 16.8 Å². The van der Waals surface area contributed by atoms with Gasteiger partial charge >= 0.3 is 0 Å². The number of ether oxygens (including phenoxy) is 1. The van der Waals surface area contributed by atoms with E-state index < -0.39 is 15.5 Å².